The summed E-state index contributed by atoms with van der Waals surface area (Å²) in [4.78, 5) is 19.1. The molecule has 0 radical (unpaired) electrons. The second kappa shape index (κ2) is 4.24. The molecule has 0 atom stereocenters. The maximum absolute atomic E-state index is 12.4. The lowest BCUT2D eigenvalue weighted by Gasteiger charge is -2.38. The van der Waals surface area contributed by atoms with E-state index in [2.05, 4.69) is 16.8 Å². The Balaban J connectivity index is 2.12. The van der Waals surface area contributed by atoms with Gasteiger partial charge in [-0.1, -0.05) is 6.92 Å². The van der Waals surface area contributed by atoms with Crippen molar-refractivity contribution in [2.24, 2.45) is 0 Å². The maximum Gasteiger partial charge on any atom is 0.330 e. The Morgan fingerprint density at radius 1 is 1.33 bits per heavy atom. The molecule has 0 bridgehead atoms. The summed E-state index contributed by atoms with van der Waals surface area (Å²) in [6.07, 6.45) is 1.76. The summed E-state index contributed by atoms with van der Waals surface area (Å²) in [6.45, 7) is 7.79. The molecule has 1 saturated heterocycles. The van der Waals surface area contributed by atoms with Crippen LogP contribution in [0.5, 0.6) is 0 Å². The number of fused-ring (bicyclic) bond motifs is 1. The van der Waals surface area contributed by atoms with Crippen LogP contribution in [0.15, 0.2) is 23.1 Å². The highest BCUT2D eigenvalue weighted by atomic mass is 16.1. The number of pyridine rings is 1. The largest absolute Gasteiger partial charge is 0.330 e. The smallest absolute Gasteiger partial charge is 0.299 e. The minimum absolute atomic E-state index is 0.0759. The van der Waals surface area contributed by atoms with Crippen LogP contribution < -0.4 is 5.69 Å². The maximum atomic E-state index is 12.4. The van der Waals surface area contributed by atoms with E-state index in [1.807, 2.05) is 23.6 Å². The van der Waals surface area contributed by atoms with Crippen LogP contribution in [-0.2, 0) is 6.54 Å². The second-order valence-corrected chi connectivity index (χ2v) is 4.75. The zero-order chi connectivity index (χ0) is 12.7. The molecule has 0 aromatic carbocycles. The minimum atomic E-state index is 0.0759. The van der Waals surface area contributed by atoms with Gasteiger partial charge < -0.3 is 0 Å². The van der Waals surface area contributed by atoms with Crippen LogP contribution in [0.4, 0.5) is 0 Å². The number of nitrogens with zero attached hydrogens (tertiary/aromatic N) is 4. The number of aryl methyl sites for hydroxylation is 1. The minimum Gasteiger partial charge on any atom is -0.299 e. The Morgan fingerprint density at radius 2 is 2.11 bits per heavy atom. The van der Waals surface area contributed by atoms with Crippen molar-refractivity contribution in [1.82, 2.24) is 19.0 Å². The van der Waals surface area contributed by atoms with Crippen molar-refractivity contribution in [2.45, 2.75) is 26.4 Å². The summed E-state index contributed by atoms with van der Waals surface area (Å²) in [6, 6.07) is 4.14. The average molecular weight is 246 g/mol. The highest BCUT2D eigenvalue weighted by Crippen LogP contribution is 2.23. The van der Waals surface area contributed by atoms with Gasteiger partial charge >= 0.3 is 5.69 Å². The van der Waals surface area contributed by atoms with Gasteiger partial charge in [0, 0.05) is 25.8 Å². The van der Waals surface area contributed by atoms with E-state index in [0.717, 1.165) is 30.8 Å². The fourth-order valence-corrected chi connectivity index (χ4v) is 2.71. The van der Waals surface area contributed by atoms with Gasteiger partial charge in [-0.15, -0.1) is 0 Å². The van der Waals surface area contributed by atoms with E-state index in [1.165, 1.54) is 0 Å². The predicted octanol–water partition coefficient (Wildman–Crippen LogP) is 1.09. The van der Waals surface area contributed by atoms with Gasteiger partial charge in [0.25, 0.3) is 0 Å². The standard InChI is InChI=1S/C13H18N4O/c1-3-15-8-10(9-15)17-12-11(6-5-7-14-12)16(4-2)13(17)18/h5-7,10H,3-4,8-9H2,1-2H3. The number of hydrogen-bond donors (Lipinski definition) is 0. The van der Waals surface area contributed by atoms with Crippen molar-refractivity contribution < 1.29 is 0 Å². The molecule has 0 spiro atoms. The number of likely N-dealkylation sites (tertiary alicyclic amines) is 1. The molecule has 1 aliphatic heterocycles. The zero-order valence-electron chi connectivity index (χ0n) is 10.8. The van der Waals surface area contributed by atoms with Crippen molar-refractivity contribution in [2.75, 3.05) is 19.6 Å². The Hall–Kier alpha value is -1.62. The van der Waals surface area contributed by atoms with Crippen LogP contribution in [-0.4, -0.2) is 38.7 Å². The van der Waals surface area contributed by atoms with Crippen LogP contribution in [0.1, 0.15) is 19.9 Å². The molecular weight excluding hydrogens is 228 g/mol. The molecule has 0 N–H and O–H groups in total. The van der Waals surface area contributed by atoms with E-state index < -0.39 is 0 Å². The van der Waals surface area contributed by atoms with Gasteiger partial charge in [-0.05, 0) is 25.6 Å². The third kappa shape index (κ3) is 1.50. The van der Waals surface area contributed by atoms with Gasteiger partial charge in [-0.3, -0.25) is 14.0 Å². The Labute approximate surface area is 106 Å². The summed E-state index contributed by atoms with van der Waals surface area (Å²) in [7, 11) is 0. The fraction of sp³-hybridized carbons (Fsp3) is 0.538. The van der Waals surface area contributed by atoms with Gasteiger partial charge in [0.15, 0.2) is 5.65 Å². The van der Waals surface area contributed by atoms with E-state index in [0.29, 0.717) is 6.54 Å². The molecule has 2 aromatic rings. The lowest BCUT2D eigenvalue weighted by atomic mass is 10.1. The molecule has 0 aliphatic carbocycles. The molecule has 5 nitrogen and oxygen atoms in total. The summed E-state index contributed by atoms with van der Waals surface area (Å²) in [5.41, 5.74) is 1.84. The lowest BCUT2D eigenvalue weighted by Crippen LogP contribution is -2.50. The molecular formula is C13H18N4O. The first kappa shape index (κ1) is 11.5. The Bertz CT molecular complexity index is 621. The van der Waals surface area contributed by atoms with Crippen molar-refractivity contribution in [3.05, 3.63) is 28.8 Å². The van der Waals surface area contributed by atoms with Crippen molar-refractivity contribution >= 4 is 11.2 Å². The second-order valence-electron chi connectivity index (χ2n) is 4.75. The molecule has 0 unspecified atom stereocenters. The molecule has 0 saturated carbocycles. The monoisotopic (exact) mass is 246 g/mol. The molecule has 2 aromatic heterocycles. The van der Waals surface area contributed by atoms with E-state index >= 15 is 0 Å². The Kier molecular flexibility index (Phi) is 2.70. The Morgan fingerprint density at radius 3 is 2.78 bits per heavy atom. The number of rotatable bonds is 3. The number of likely N-dealkylation sites (N-methyl/N-ethyl adjacent to an activating group) is 1. The summed E-state index contributed by atoms with van der Waals surface area (Å²) >= 11 is 0. The number of aromatic nitrogens is 3. The predicted molar refractivity (Wildman–Crippen MR) is 70.8 cm³/mol. The number of imidazole rings is 1. The van der Waals surface area contributed by atoms with E-state index in [4.69, 9.17) is 0 Å². The van der Waals surface area contributed by atoms with E-state index in [-0.39, 0.29) is 11.7 Å². The molecule has 18 heavy (non-hydrogen) atoms. The van der Waals surface area contributed by atoms with Gasteiger partial charge in [0.05, 0.1) is 11.6 Å². The van der Waals surface area contributed by atoms with Crippen molar-refractivity contribution in [3.63, 3.8) is 0 Å². The first-order valence-electron chi connectivity index (χ1n) is 6.54. The topological polar surface area (TPSA) is 43.1 Å². The van der Waals surface area contributed by atoms with Crippen molar-refractivity contribution in [1.29, 1.82) is 0 Å². The third-order valence-corrected chi connectivity index (χ3v) is 3.79. The SMILES string of the molecule is CCN1CC(n2c(=O)n(CC)c3cccnc32)C1. The van der Waals surface area contributed by atoms with Crippen molar-refractivity contribution in [3.8, 4) is 0 Å². The molecule has 1 aliphatic rings. The van der Waals surface area contributed by atoms with Gasteiger partial charge in [0.1, 0.15) is 0 Å². The first-order chi connectivity index (χ1) is 8.76. The normalized spacial score (nSPS) is 17.2. The highest BCUT2D eigenvalue weighted by Gasteiger charge is 2.30. The number of hydrogen-bond acceptors (Lipinski definition) is 3. The van der Waals surface area contributed by atoms with E-state index in [9.17, 15) is 4.79 Å². The van der Waals surface area contributed by atoms with Gasteiger partial charge in [-0.25, -0.2) is 9.78 Å². The summed E-state index contributed by atoms with van der Waals surface area (Å²) in [5, 5.41) is 0. The molecule has 96 valence electrons. The zero-order valence-corrected chi connectivity index (χ0v) is 10.8. The van der Waals surface area contributed by atoms with E-state index in [1.54, 1.807) is 10.8 Å². The van der Waals surface area contributed by atoms with Crippen LogP contribution >= 0.6 is 0 Å². The highest BCUT2D eigenvalue weighted by molar-refractivity contribution is 5.71. The first-order valence-corrected chi connectivity index (χ1v) is 6.54. The third-order valence-electron chi connectivity index (χ3n) is 3.79. The average Bonchev–Trinajstić information content (AvgIpc) is 2.61. The summed E-state index contributed by atoms with van der Waals surface area (Å²) < 4.78 is 3.67. The van der Waals surface area contributed by atoms with Crippen LogP contribution in [0, 0.1) is 0 Å². The summed E-state index contributed by atoms with van der Waals surface area (Å²) in [5.74, 6) is 0. The molecule has 1 fully saturated rings. The quantitative estimate of drug-likeness (QED) is 0.814. The molecule has 5 heteroatoms. The molecule has 3 rings (SSSR count). The van der Waals surface area contributed by atoms with Crippen LogP contribution in [0.2, 0.25) is 0 Å². The lowest BCUT2D eigenvalue weighted by molar-refractivity contribution is 0.113. The van der Waals surface area contributed by atoms with Crippen LogP contribution in [0.3, 0.4) is 0 Å². The van der Waals surface area contributed by atoms with Crippen LogP contribution in [0.25, 0.3) is 11.2 Å². The van der Waals surface area contributed by atoms with Gasteiger partial charge in [0.2, 0.25) is 0 Å². The fourth-order valence-electron chi connectivity index (χ4n) is 2.71. The van der Waals surface area contributed by atoms with Gasteiger partial charge in [-0.2, -0.15) is 0 Å². The molecule has 3 heterocycles. The molecule has 0 amide bonds.